The molecule has 1 atom stereocenters. The predicted octanol–water partition coefficient (Wildman–Crippen LogP) is 0.308. The number of carboxylic acids is 1. The van der Waals surface area contributed by atoms with Gasteiger partial charge in [-0.25, -0.2) is 4.79 Å². The van der Waals surface area contributed by atoms with Gasteiger partial charge in [-0.2, -0.15) is 0 Å². The lowest BCUT2D eigenvalue weighted by atomic mass is 10.0. The summed E-state index contributed by atoms with van der Waals surface area (Å²) in [6.07, 6.45) is 1.52. The van der Waals surface area contributed by atoms with E-state index in [2.05, 4.69) is 11.9 Å². The van der Waals surface area contributed by atoms with Gasteiger partial charge in [0.15, 0.2) is 0 Å². The largest absolute Gasteiger partial charge is 0.481 e. The van der Waals surface area contributed by atoms with Crippen LogP contribution in [0.1, 0.15) is 19.3 Å². The standard InChI is InChI=1S/C14H25N3O4/c1-15-5-3-11(4-6-15)16(2)14(20)17-7-8-21-12(10-17)9-13(18)19/h11-12H,3-10H2,1-2H3,(H,18,19). The molecule has 0 aromatic heterocycles. The summed E-state index contributed by atoms with van der Waals surface area (Å²) in [7, 11) is 3.94. The molecule has 0 spiro atoms. The molecule has 2 aliphatic heterocycles. The average molecular weight is 299 g/mol. The third kappa shape index (κ3) is 4.31. The van der Waals surface area contributed by atoms with E-state index in [4.69, 9.17) is 9.84 Å². The molecule has 2 saturated heterocycles. The van der Waals surface area contributed by atoms with E-state index in [9.17, 15) is 9.59 Å². The van der Waals surface area contributed by atoms with Crippen LogP contribution in [0.2, 0.25) is 0 Å². The molecular formula is C14H25N3O4. The fraction of sp³-hybridized carbons (Fsp3) is 0.857. The van der Waals surface area contributed by atoms with Gasteiger partial charge in [0, 0.05) is 26.2 Å². The van der Waals surface area contributed by atoms with Gasteiger partial charge < -0.3 is 24.5 Å². The Morgan fingerprint density at radius 3 is 2.57 bits per heavy atom. The van der Waals surface area contributed by atoms with Gasteiger partial charge in [-0.3, -0.25) is 4.79 Å². The number of morpholine rings is 1. The monoisotopic (exact) mass is 299 g/mol. The van der Waals surface area contributed by atoms with Crippen molar-refractivity contribution in [1.82, 2.24) is 14.7 Å². The number of hydrogen-bond acceptors (Lipinski definition) is 4. The minimum absolute atomic E-state index is 0.0109. The van der Waals surface area contributed by atoms with Crippen LogP contribution in [0.15, 0.2) is 0 Å². The number of rotatable bonds is 3. The lowest BCUT2D eigenvalue weighted by Gasteiger charge is -2.40. The Hall–Kier alpha value is -1.34. The van der Waals surface area contributed by atoms with Crippen LogP contribution >= 0.6 is 0 Å². The SMILES string of the molecule is CN1CCC(N(C)C(=O)N2CCOC(CC(=O)O)C2)CC1. The molecule has 7 nitrogen and oxygen atoms in total. The number of amides is 2. The number of aliphatic carboxylic acids is 1. The first-order valence-electron chi connectivity index (χ1n) is 7.51. The Balaban J connectivity index is 1.87. The number of piperidine rings is 1. The zero-order valence-corrected chi connectivity index (χ0v) is 12.8. The van der Waals surface area contributed by atoms with Gasteiger partial charge in [-0.1, -0.05) is 0 Å². The number of ether oxygens (including phenoxy) is 1. The average Bonchev–Trinajstić information content (AvgIpc) is 2.46. The van der Waals surface area contributed by atoms with E-state index in [1.165, 1.54) is 0 Å². The van der Waals surface area contributed by atoms with Gasteiger partial charge in [-0.05, 0) is 33.0 Å². The van der Waals surface area contributed by atoms with E-state index >= 15 is 0 Å². The Bertz CT molecular complexity index is 382. The van der Waals surface area contributed by atoms with Crippen molar-refractivity contribution >= 4 is 12.0 Å². The molecule has 0 aromatic rings. The van der Waals surface area contributed by atoms with Crippen molar-refractivity contribution in [3.05, 3.63) is 0 Å². The molecule has 2 aliphatic rings. The summed E-state index contributed by atoms with van der Waals surface area (Å²) in [5.74, 6) is -0.891. The molecule has 0 saturated carbocycles. The highest BCUT2D eigenvalue weighted by Crippen LogP contribution is 2.17. The highest BCUT2D eigenvalue weighted by Gasteiger charge is 2.31. The molecule has 120 valence electrons. The minimum atomic E-state index is -0.891. The van der Waals surface area contributed by atoms with Gasteiger partial charge in [-0.15, -0.1) is 0 Å². The van der Waals surface area contributed by atoms with Crippen molar-refractivity contribution in [2.75, 3.05) is 46.9 Å². The van der Waals surface area contributed by atoms with Gasteiger partial charge in [0.2, 0.25) is 0 Å². The summed E-state index contributed by atoms with van der Waals surface area (Å²) in [5.41, 5.74) is 0. The molecule has 0 aliphatic carbocycles. The summed E-state index contributed by atoms with van der Waals surface area (Å²) < 4.78 is 5.41. The second-order valence-corrected chi connectivity index (χ2v) is 5.96. The van der Waals surface area contributed by atoms with Crippen LogP contribution in [0.4, 0.5) is 4.79 Å². The van der Waals surface area contributed by atoms with Crippen LogP contribution in [0.25, 0.3) is 0 Å². The Labute approximate surface area is 125 Å². The summed E-state index contributed by atoms with van der Waals surface area (Å²) in [4.78, 5) is 29.1. The number of carbonyl (C=O) groups is 2. The van der Waals surface area contributed by atoms with Crippen LogP contribution in [0, 0.1) is 0 Å². The number of carbonyl (C=O) groups excluding carboxylic acids is 1. The van der Waals surface area contributed by atoms with Crippen molar-refractivity contribution in [3.63, 3.8) is 0 Å². The van der Waals surface area contributed by atoms with Gasteiger partial charge in [0.25, 0.3) is 0 Å². The molecule has 2 rings (SSSR count). The predicted molar refractivity (Wildman–Crippen MR) is 77.2 cm³/mol. The molecular weight excluding hydrogens is 274 g/mol. The Morgan fingerprint density at radius 1 is 1.29 bits per heavy atom. The Kier molecular flexibility index (Phi) is 5.41. The topological polar surface area (TPSA) is 73.3 Å². The second kappa shape index (κ2) is 7.09. The number of carboxylic acid groups (broad SMARTS) is 1. The lowest BCUT2D eigenvalue weighted by molar-refractivity contribution is -0.141. The zero-order valence-electron chi connectivity index (χ0n) is 12.8. The van der Waals surface area contributed by atoms with Crippen molar-refractivity contribution in [2.24, 2.45) is 0 Å². The third-order valence-electron chi connectivity index (χ3n) is 4.35. The molecule has 0 radical (unpaired) electrons. The molecule has 1 unspecified atom stereocenters. The van der Waals surface area contributed by atoms with Gasteiger partial charge in [0.05, 0.1) is 19.1 Å². The first-order valence-corrected chi connectivity index (χ1v) is 7.51. The van der Waals surface area contributed by atoms with Gasteiger partial charge >= 0.3 is 12.0 Å². The molecule has 2 amide bonds. The first-order chi connectivity index (χ1) is 9.97. The van der Waals surface area contributed by atoms with Crippen LogP contribution in [0.3, 0.4) is 0 Å². The number of hydrogen-bond donors (Lipinski definition) is 1. The lowest BCUT2D eigenvalue weighted by Crippen LogP contribution is -2.54. The summed E-state index contributed by atoms with van der Waals surface area (Å²) >= 11 is 0. The van der Waals surface area contributed by atoms with E-state index in [0.29, 0.717) is 19.7 Å². The fourth-order valence-electron chi connectivity index (χ4n) is 2.97. The fourth-order valence-corrected chi connectivity index (χ4v) is 2.97. The molecule has 0 aromatic carbocycles. The quantitative estimate of drug-likeness (QED) is 0.812. The molecule has 2 heterocycles. The summed E-state index contributed by atoms with van der Waals surface area (Å²) in [5, 5.41) is 8.83. The minimum Gasteiger partial charge on any atom is -0.481 e. The van der Waals surface area contributed by atoms with E-state index in [-0.39, 0.29) is 18.5 Å². The van der Waals surface area contributed by atoms with E-state index in [1.54, 1.807) is 4.90 Å². The maximum absolute atomic E-state index is 12.5. The van der Waals surface area contributed by atoms with Gasteiger partial charge in [0.1, 0.15) is 0 Å². The highest BCUT2D eigenvalue weighted by molar-refractivity contribution is 5.75. The maximum Gasteiger partial charge on any atom is 0.320 e. The van der Waals surface area contributed by atoms with Crippen LogP contribution in [-0.4, -0.2) is 90.8 Å². The second-order valence-electron chi connectivity index (χ2n) is 5.96. The highest BCUT2D eigenvalue weighted by atomic mass is 16.5. The number of urea groups is 1. The van der Waals surface area contributed by atoms with E-state index in [0.717, 1.165) is 25.9 Å². The molecule has 1 N–H and O–H groups in total. The van der Waals surface area contributed by atoms with Crippen molar-refractivity contribution < 1.29 is 19.4 Å². The zero-order chi connectivity index (χ0) is 15.4. The molecule has 21 heavy (non-hydrogen) atoms. The first kappa shape index (κ1) is 16.0. The summed E-state index contributed by atoms with van der Waals surface area (Å²) in [6, 6.07) is 0.262. The van der Waals surface area contributed by atoms with E-state index in [1.807, 2.05) is 11.9 Å². The van der Waals surface area contributed by atoms with Crippen LogP contribution < -0.4 is 0 Å². The smallest absolute Gasteiger partial charge is 0.320 e. The molecule has 0 bridgehead atoms. The van der Waals surface area contributed by atoms with Crippen LogP contribution in [-0.2, 0) is 9.53 Å². The number of nitrogens with zero attached hydrogens (tertiary/aromatic N) is 3. The third-order valence-corrected chi connectivity index (χ3v) is 4.35. The Morgan fingerprint density at radius 2 is 1.95 bits per heavy atom. The van der Waals surface area contributed by atoms with E-state index < -0.39 is 12.1 Å². The molecule has 7 heteroatoms. The molecule has 2 fully saturated rings. The van der Waals surface area contributed by atoms with Crippen molar-refractivity contribution in [2.45, 2.75) is 31.4 Å². The van der Waals surface area contributed by atoms with Crippen molar-refractivity contribution in [3.8, 4) is 0 Å². The summed E-state index contributed by atoms with van der Waals surface area (Å²) in [6.45, 7) is 3.32. The maximum atomic E-state index is 12.5. The van der Waals surface area contributed by atoms with Crippen LogP contribution in [0.5, 0.6) is 0 Å². The van der Waals surface area contributed by atoms with Crippen molar-refractivity contribution in [1.29, 1.82) is 0 Å². The number of likely N-dealkylation sites (tertiary alicyclic amines) is 1. The normalized spacial score (nSPS) is 24.9.